The summed E-state index contributed by atoms with van der Waals surface area (Å²) in [5.74, 6) is -2.38. The van der Waals surface area contributed by atoms with Gasteiger partial charge in [-0.15, -0.1) is 23.1 Å². The third-order valence-electron chi connectivity index (χ3n) is 5.82. The minimum Gasteiger partial charge on any atom is -0.445 e. The molecule has 3 heterocycles. The van der Waals surface area contributed by atoms with E-state index in [1.54, 1.807) is 32.2 Å². The van der Waals surface area contributed by atoms with E-state index in [1.807, 2.05) is 27.7 Å². The van der Waals surface area contributed by atoms with Crippen LogP contribution in [0, 0.1) is 5.41 Å². The molecule has 0 spiro atoms. The molecule has 0 unspecified atom stereocenters. The van der Waals surface area contributed by atoms with Crippen LogP contribution in [0.15, 0.2) is 22.7 Å². The molecule has 2 aliphatic rings. The van der Waals surface area contributed by atoms with Crippen molar-refractivity contribution in [3.05, 3.63) is 28.4 Å². The monoisotopic (exact) mass is 623 g/mol. The molecular weight excluding hydrogens is 586 g/mol. The number of thiazole rings is 1. The fourth-order valence-electron chi connectivity index (χ4n) is 3.87. The lowest BCUT2D eigenvalue weighted by Crippen LogP contribution is -2.70. The fraction of sp³-hybridized carbons (Fsp3) is 0.556. The number of allylic oxidation sites excluding steroid dienone is 1. The molecule has 0 aliphatic carbocycles. The smallest absolute Gasteiger partial charge is 0.404 e. The molecule has 15 heteroatoms. The molecule has 1 saturated heterocycles. The topological polar surface area (TPSA) is 179 Å². The van der Waals surface area contributed by atoms with Crippen LogP contribution in [0.25, 0.3) is 5.57 Å². The van der Waals surface area contributed by atoms with Crippen LogP contribution in [-0.2, 0) is 33.4 Å². The summed E-state index contributed by atoms with van der Waals surface area (Å²) >= 11 is 2.64. The van der Waals surface area contributed by atoms with E-state index >= 15 is 0 Å². The molecule has 230 valence electrons. The summed E-state index contributed by atoms with van der Waals surface area (Å²) in [6.45, 7) is 11.8. The van der Waals surface area contributed by atoms with Crippen molar-refractivity contribution in [2.75, 3.05) is 24.5 Å². The van der Waals surface area contributed by atoms with Crippen molar-refractivity contribution < 1.29 is 38.2 Å². The average Bonchev–Trinajstić information content (AvgIpc) is 3.33. The van der Waals surface area contributed by atoms with Gasteiger partial charge in [-0.25, -0.2) is 14.6 Å². The largest absolute Gasteiger partial charge is 0.445 e. The number of hydrogen-bond acceptors (Lipinski definition) is 12. The first-order valence-corrected chi connectivity index (χ1v) is 15.1. The lowest BCUT2D eigenvalue weighted by atomic mass is 9.98. The molecule has 4 N–H and O–H groups in total. The summed E-state index contributed by atoms with van der Waals surface area (Å²) in [5.41, 5.74) is 5.01. The third kappa shape index (κ3) is 8.03. The van der Waals surface area contributed by atoms with Crippen molar-refractivity contribution >= 4 is 63.6 Å². The van der Waals surface area contributed by atoms with Crippen molar-refractivity contribution in [3.8, 4) is 0 Å². The van der Waals surface area contributed by atoms with Gasteiger partial charge in [-0.1, -0.05) is 13.0 Å². The molecule has 0 aromatic carbocycles. The predicted molar refractivity (Wildman–Crippen MR) is 158 cm³/mol. The van der Waals surface area contributed by atoms with E-state index in [4.69, 9.17) is 19.9 Å². The molecule has 1 aromatic rings. The number of nitrogens with two attached hydrogens (primary N) is 1. The molecule has 2 aliphatic heterocycles. The molecule has 1 fully saturated rings. The number of fused-ring (bicyclic) bond motifs is 1. The van der Waals surface area contributed by atoms with E-state index < -0.39 is 53.5 Å². The van der Waals surface area contributed by atoms with Gasteiger partial charge in [-0.05, 0) is 48.0 Å². The SMILES string of the molecule is CC/C=C(\C(=O)N[C@@H]1C(=O)N2C(C(=O)OCOC(=O)C(C)(C)C)=C(COC(N)=O)CS[C@H]12)c1csc(NC(C)(C)C)n1. The number of hydrogen-bond donors (Lipinski definition) is 3. The van der Waals surface area contributed by atoms with Gasteiger partial charge in [0.25, 0.3) is 11.8 Å². The van der Waals surface area contributed by atoms with E-state index in [-0.39, 0.29) is 29.2 Å². The van der Waals surface area contributed by atoms with E-state index in [1.165, 1.54) is 28.0 Å². The summed E-state index contributed by atoms with van der Waals surface area (Å²) in [7, 11) is 0. The van der Waals surface area contributed by atoms with Crippen LogP contribution in [-0.4, -0.2) is 75.8 Å². The highest BCUT2D eigenvalue weighted by molar-refractivity contribution is 8.00. The van der Waals surface area contributed by atoms with Crippen LogP contribution in [0.3, 0.4) is 0 Å². The second kappa shape index (κ2) is 13.2. The number of ether oxygens (including phenoxy) is 3. The van der Waals surface area contributed by atoms with Crippen LogP contribution in [0.5, 0.6) is 0 Å². The van der Waals surface area contributed by atoms with Crippen molar-refractivity contribution in [3.63, 3.8) is 0 Å². The fourth-order valence-corrected chi connectivity index (χ4v) is 6.12. The van der Waals surface area contributed by atoms with Gasteiger partial charge in [0.2, 0.25) is 6.79 Å². The van der Waals surface area contributed by atoms with Crippen LogP contribution in [0.1, 0.15) is 60.6 Å². The first-order chi connectivity index (χ1) is 19.5. The highest BCUT2D eigenvalue weighted by Gasteiger charge is 2.54. The zero-order valence-electron chi connectivity index (χ0n) is 24.7. The Morgan fingerprint density at radius 3 is 2.43 bits per heavy atom. The first-order valence-electron chi connectivity index (χ1n) is 13.2. The number of anilines is 1. The summed E-state index contributed by atoms with van der Waals surface area (Å²) in [6.07, 6.45) is 1.24. The van der Waals surface area contributed by atoms with E-state index in [0.29, 0.717) is 22.8 Å². The lowest BCUT2D eigenvalue weighted by molar-refractivity contribution is -0.173. The van der Waals surface area contributed by atoms with E-state index in [2.05, 4.69) is 15.6 Å². The van der Waals surface area contributed by atoms with Crippen LogP contribution in [0.4, 0.5) is 9.93 Å². The normalized spacial score (nSPS) is 19.0. The number of primary amides is 1. The highest BCUT2D eigenvalue weighted by Crippen LogP contribution is 2.41. The van der Waals surface area contributed by atoms with Gasteiger partial charge in [0.15, 0.2) is 5.13 Å². The number of β-lactam (4-membered cyclic amide) rings is 1. The van der Waals surface area contributed by atoms with Crippen molar-refractivity contribution in [2.24, 2.45) is 11.1 Å². The number of carbonyl (C=O) groups excluding carboxylic acids is 5. The molecule has 0 radical (unpaired) electrons. The molecular formula is C27H37N5O8S2. The minimum atomic E-state index is -1.06. The standard InChI is InChI=1S/C27H37N5O8S2/c1-8-9-15(16-12-42-25(29-16)31-27(5,6)7)19(33)30-17-20(34)32-18(14(10-38-24(28)37)11-41-21(17)32)22(35)39-13-40-23(36)26(2,3)4/h9,12,17,21H,8,10-11,13H2,1-7H3,(H2,28,37)(H,29,31)(H,30,33)/b15-9-/t17-,21-/m1/s1. The Kier molecular flexibility index (Phi) is 10.3. The maximum Gasteiger partial charge on any atom is 0.404 e. The number of esters is 2. The zero-order valence-corrected chi connectivity index (χ0v) is 26.3. The molecule has 13 nitrogen and oxygen atoms in total. The first kappa shape index (κ1) is 32.9. The minimum absolute atomic E-state index is 0.149. The van der Waals surface area contributed by atoms with E-state index in [9.17, 15) is 24.0 Å². The number of nitrogens with one attached hydrogen (secondary N) is 2. The molecule has 3 rings (SSSR count). The highest BCUT2D eigenvalue weighted by atomic mass is 32.2. The molecule has 2 atom stereocenters. The molecule has 1 aromatic heterocycles. The van der Waals surface area contributed by atoms with Gasteiger partial charge in [-0.3, -0.25) is 19.3 Å². The maximum atomic E-state index is 13.4. The van der Waals surface area contributed by atoms with Crippen molar-refractivity contribution in [2.45, 2.75) is 71.8 Å². The van der Waals surface area contributed by atoms with Gasteiger partial charge >= 0.3 is 18.0 Å². The Morgan fingerprint density at radius 1 is 1.14 bits per heavy atom. The number of aromatic nitrogens is 1. The third-order valence-corrected chi connectivity index (χ3v) is 7.92. The zero-order chi connectivity index (χ0) is 31.4. The quantitative estimate of drug-likeness (QED) is 0.151. The molecule has 3 amide bonds. The molecule has 42 heavy (non-hydrogen) atoms. The van der Waals surface area contributed by atoms with Gasteiger partial charge in [0.1, 0.15) is 23.7 Å². The predicted octanol–water partition coefficient (Wildman–Crippen LogP) is 2.99. The second-order valence-electron chi connectivity index (χ2n) is 11.6. The van der Waals surface area contributed by atoms with Gasteiger partial charge < -0.3 is 30.6 Å². The Labute approximate surface area is 252 Å². The lowest BCUT2D eigenvalue weighted by Gasteiger charge is -2.49. The van der Waals surface area contributed by atoms with Crippen molar-refractivity contribution in [1.29, 1.82) is 0 Å². The van der Waals surface area contributed by atoms with Crippen LogP contribution >= 0.6 is 23.1 Å². The maximum absolute atomic E-state index is 13.4. The van der Waals surface area contributed by atoms with Crippen molar-refractivity contribution in [1.82, 2.24) is 15.2 Å². The second-order valence-corrected chi connectivity index (χ2v) is 13.6. The van der Waals surface area contributed by atoms with Crippen LogP contribution in [0.2, 0.25) is 0 Å². The Bertz CT molecular complexity index is 1310. The average molecular weight is 624 g/mol. The van der Waals surface area contributed by atoms with Gasteiger partial charge in [-0.2, -0.15) is 0 Å². The van der Waals surface area contributed by atoms with Gasteiger partial charge in [0, 0.05) is 22.2 Å². The molecule has 0 saturated carbocycles. The Balaban J connectivity index is 1.76. The molecule has 0 bridgehead atoms. The summed E-state index contributed by atoms with van der Waals surface area (Å²) in [5, 5.41) is 7.86. The van der Waals surface area contributed by atoms with Crippen LogP contribution < -0.4 is 16.4 Å². The van der Waals surface area contributed by atoms with Gasteiger partial charge in [0.05, 0.1) is 16.7 Å². The Hall–Kier alpha value is -3.59. The Morgan fingerprint density at radius 2 is 1.83 bits per heavy atom. The number of rotatable bonds is 10. The summed E-state index contributed by atoms with van der Waals surface area (Å²) < 4.78 is 15.0. The summed E-state index contributed by atoms with van der Waals surface area (Å²) in [4.78, 5) is 68.7. The number of amides is 3. The number of thioether (sulfide) groups is 1. The van der Waals surface area contributed by atoms with E-state index in [0.717, 1.165) is 0 Å². The number of carbonyl (C=O) groups is 5. The number of nitrogens with zero attached hydrogens (tertiary/aromatic N) is 2. The summed E-state index contributed by atoms with van der Waals surface area (Å²) in [6, 6.07) is -0.936.